The molecule has 0 radical (unpaired) electrons. The summed E-state index contributed by atoms with van der Waals surface area (Å²) in [5, 5.41) is 14.3. The minimum Gasteiger partial charge on any atom is -0.493 e. The predicted octanol–water partition coefficient (Wildman–Crippen LogP) is 5.73. The van der Waals surface area contributed by atoms with Crippen LogP contribution < -0.4 is 24.3 Å². The van der Waals surface area contributed by atoms with E-state index in [0.29, 0.717) is 12.3 Å². The first-order chi connectivity index (χ1) is 19.3. The van der Waals surface area contributed by atoms with Crippen molar-refractivity contribution in [3.63, 3.8) is 0 Å². The second-order valence-corrected chi connectivity index (χ2v) is 9.31. The molecule has 3 aromatic rings. The van der Waals surface area contributed by atoms with E-state index in [1.807, 2.05) is 30.3 Å². The van der Waals surface area contributed by atoms with Crippen LogP contribution in [-0.4, -0.2) is 57.3 Å². The van der Waals surface area contributed by atoms with Gasteiger partial charge in [0, 0.05) is 24.8 Å². The molecular weight excluding hydrogens is 514 g/mol. The lowest BCUT2D eigenvalue weighted by atomic mass is 10.1. The smallest absolute Gasteiger partial charge is 0.286 e. The molecule has 0 heterocycles. The molecule has 0 saturated carbocycles. The summed E-state index contributed by atoms with van der Waals surface area (Å²) in [6.45, 7) is 4.37. The number of methoxy groups -OCH3 is 3. The lowest BCUT2D eigenvalue weighted by Gasteiger charge is -2.18. The fourth-order valence-electron chi connectivity index (χ4n) is 4.12. The van der Waals surface area contributed by atoms with Crippen LogP contribution in [0.2, 0.25) is 0 Å². The number of hydrogen-bond acceptors (Lipinski definition) is 8. The maximum absolute atomic E-state index is 12.9. The van der Waals surface area contributed by atoms with Gasteiger partial charge in [0.2, 0.25) is 0 Å². The predicted molar refractivity (Wildman–Crippen MR) is 154 cm³/mol. The topological polar surface area (TPSA) is 112 Å². The maximum Gasteiger partial charge on any atom is 0.286 e. The van der Waals surface area contributed by atoms with Gasteiger partial charge in [-0.15, -0.1) is 0 Å². The third-order valence-corrected chi connectivity index (χ3v) is 6.37. The molecule has 0 saturated heterocycles. The van der Waals surface area contributed by atoms with Crippen molar-refractivity contribution in [3.05, 3.63) is 81.4 Å². The fourth-order valence-corrected chi connectivity index (χ4v) is 4.12. The van der Waals surface area contributed by atoms with E-state index in [1.54, 1.807) is 19.2 Å². The maximum atomic E-state index is 12.9. The van der Waals surface area contributed by atoms with E-state index >= 15 is 0 Å². The van der Waals surface area contributed by atoms with E-state index in [2.05, 4.69) is 24.2 Å². The number of unbranched alkanes of at least 4 members (excludes halogenated alkanes) is 1. The molecule has 0 aliphatic rings. The summed E-state index contributed by atoms with van der Waals surface area (Å²) in [5.41, 5.74) is 2.27. The highest BCUT2D eigenvalue weighted by molar-refractivity contribution is 6.07. The van der Waals surface area contributed by atoms with Crippen LogP contribution in [0.25, 0.3) is 0 Å². The molecule has 0 spiro atoms. The van der Waals surface area contributed by atoms with Crippen molar-refractivity contribution in [2.75, 3.05) is 46.8 Å². The number of carbonyl (C=O) groups is 1. The number of benzene rings is 3. The van der Waals surface area contributed by atoms with Crippen molar-refractivity contribution >= 4 is 17.3 Å². The molecule has 0 aliphatic heterocycles. The number of anilines is 1. The highest BCUT2D eigenvalue weighted by atomic mass is 16.6. The SMILES string of the molecule is CCCCOc1cc(CN(C)CCc2ccc(NC(=O)c3cc(OC)c(OC)cc3[N+](=O)[O-])cc2)ccc1OC. The fraction of sp³-hybridized carbons (Fsp3) is 0.367. The number of nitro groups is 1. The average molecular weight is 552 g/mol. The molecule has 214 valence electrons. The molecule has 1 amide bonds. The van der Waals surface area contributed by atoms with Gasteiger partial charge in [-0.2, -0.15) is 0 Å². The summed E-state index contributed by atoms with van der Waals surface area (Å²) < 4.78 is 21.7. The van der Waals surface area contributed by atoms with Gasteiger partial charge in [-0.25, -0.2) is 0 Å². The largest absolute Gasteiger partial charge is 0.493 e. The number of nitrogens with one attached hydrogen (secondary N) is 1. The monoisotopic (exact) mass is 551 g/mol. The number of likely N-dealkylation sites (N-methyl/N-ethyl adjacent to an activating group) is 1. The zero-order valence-electron chi connectivity index (χ0n) is 23.7. The van der Waals surface area contributed by atoms with Crippen molar-refractivity contribution in [2.24, 2.45) is 0 Å². The van der Waals surface area contributed by atoms with Crippen molar-refractivity contribution in [1.29, 1.82) is 0 Å². The van der Waals surface area contributed by atoms with Crippen LogP contribution in [-0.2, 0) is 13.0 Å². The van der Waals surface area contributed by atoms with Gasteiger partial charge in [0.15, 0.2) is 23.0 Å². The second kappa shape index (κ2) is 14.7. The van der Waals surface area contributed by atoms with Gasteiger partial charge in [-0.05, 0) is 55.3 Å². The van der Waals surface area contributed by atoms with E-state index in [0.717, 1.165) is 55.0 Å². The summed E-state index contributed by atoms with van der Waals surface area (Å²) in [5.74, 6) is 1.28. The standard InChI is InChI=1S/C30H37N3O7/c1-6-7-16-40-29-17-22(10-13-26(29)37-3)20-32(2)15-14-21-8-11-23(12-9-21)31-30(34)24-18-27(38-4)28(39-5)19-25(24)33(35)36/h8-13,17-19H,6-7,14-16,20H2,1-5H3,(H,31,34). The normalized spacial score (nSPS) is 10.8. The van der Waals surface area contributed by atoms with Crippen LogP contribution in [0.5, 0.6) is 23.0 Å². The first-order valence-corrected chi connectivity index (χ1v) is 13.1. The highest BCUT2D eigenvalue weighted by Crippen LogP contribution is 2.35. The molecule has 0 aromatic heterocycles. The van der Waals surface area contributed by atoms with Gasteiger partial charge in [0.25, 0.3) is 11.6 Å². The summed E-state index contributed by atoms with van der Waals surface area (Å²) in [6, 6.07) is 15.9. The number of rotatable bonds is 15. The van der Waals surface area contributed by atoms with E-state index in [1.165, 1.54) is 26.4 Å². The second-order valence-electron chi connectivity index (χ2n) is 9.31. The molecular formula is C30H37N3O7. The molecule has 1 N–H and O–H groups in total. The molecule has 3 aromatic carbocycles. The van der Waals surface area contributed by atoms with Crippen LogP contribution in [0.4, 0.5) is 11.4 Å². The Kier molecular flexibility index (Phi) is 11.1. The molecule has 40 heavy (non-hydrogen) atoms. The minimum atomic E-state index is -0.622. The average Bonchev–Trinajstić information content (AvgIpc) is 2.96. The zero-order valence-corrected chi connectivity index (χ0v) is 23.7. The Morgan fingerprint density at radius 1 is 0.900 bits per heavy atom. The summed E-state index contributed by atoms with van der Waals surface area (Å²) in [4.78, 5) is 26.0. The summed E-state index contributed by atoms with van der Waals surface area (Å²) >= 11 is 0. The molecule has 0 aliphatic carbocycles. The van der Waals surface area contributed by atoms with Crippen LogP contribution >= 0.6 is 0 Å². The lowest BCUT2D eigenvalue weighted by molar-refractivity contribution is -0.385. The van der Waals surface area contributed by atoms with Crippen LogP contribution in [0.3, 0.4) is 0 Å². The molecule has 0 unspecified atom stereocenters. The Hall–Kier alpha value is -4.31. The number of amides is 1. The van der Waals surface area contributed by atoms with Gasteiger partial charge in [-0.1, -0.05) is 31.5 Å². The Morgan fingerprint density at radius 3 is 2.17 bits per heavy atom. The number of nitrogens with zero attached hydrogens (tertiary/aromatic N) is 2. The van der Waals surface area contributed by atoms with Crippen molar-refractivity contribution < 1.29 is 28.7 Å². The first-order valence-electron chi connectivity index (χ1n) is 13.1. The van der Waals surface area contributed by atoms with E-state index < -0.39 is 10.8 Å². The molecule has 0 bridgehead atoms. The molecule has 10 nitrogen and oxygen atoms in total. The number of nitro benzene ring substituents is 1. The minimum absolute atomic E-state index is 0.120. The Morgan fingerprint density at radius 2 is 1.55 bits per heavy atom. The van der Waals surface area contributed by atoms with Gasteiger partial charge in [0.1, 0.15) is 5.56 Å². The molecule has 3 rings (SSSR count). The third-order valence-electron chi connectivity index (χ3n) is 6.37. The molecule has 10 heteroatoms. The van der Waals surface area contributed by atoms with E-state index in [-0.39, 0.29) is 22.7 Å². The van der Waals surface area contributed by atoms with Crippen molar-refractivity contribution in [2.45, 2.75) is 32.7 Å². The van der Waals surface area contributed by atoms with Crippen molar-refractivity contribution in [1.82, 2.24) is 4.90 Å². The Bertz CT molecular complexity index is 1300. The van der Waals surface area contributed by atoms with Crippen molar-refractivity contribution in [3.8, 4) is 23.0 Å². The van der Waals surface area contributed by atoms with Gasteiger partial charge >= 0.3 is 0 Å². The summed E-state index contributed by atoms with van der Waals surface area (Å²) in [7, 11) is 6.48. The van der Waals surface area contributed by atoms with E-state index in [9.17, 15) is 14.9 Å². The van der Waals surface area contributed by atoms with Crippen LogP contribution in [0.15, 0.2) is 54.6 Å². The third kappa shape index (κ3) is 8.09. The Labute approximate surface area is 235 Å². The van der Waals surface area contributed by atoms with Gasteiger partial charge in [-0.3, -0.25) is 14.9 Å². The van der Waals surface area contributed by atoms with Gasteiger partial charge < -0.3 is 29.2 Å². The number of ether oxygens (including phenoxy) is 4. The quantitative estimate of drug-likeness (QED) is 0.145. The Balaban J connectivity index is 1.59. The number of hydrogen-bond donors (Lipinski definition) is 1. The number of carbonyl (C=O) groups excluding carboxylic acids is 1. The highest BCUT2D eigenvalue weighted by Gasteiger charge is 2.24. The molecule has 0 atom stereocenters. The summed E-state index contributed by atoms with van der Waals surface area (Å²) in [6.07, 6.45) is 2.87. The van der Waals surface area contributed by atoms with Crippen LogP contribution in [0, 0.1) is 10.1 Å². The molecule has 0 fully saturated rings. The van der Waals surface area contributed by atoms with Crippen LogP contribution in [0.1, 0.15) is 41.3 Å². The lowest BCUT2D eigenvalue weighted by Crippen LogP contribution is -2.20. The first kappa shape index (κ1) is 30.2. The zero-order chi connectivity index (χ0) is 29.1. The van der Waals surface area contributed by atoms with E-state index in [4.69, 9.17) is 18.9 Å². The van der Waals surface area contributed by atoms with Gasteiger partial charge in [0.05, 0.1) is 38.9 Å².